The fourth-order valence-electron chi connectivity index (χ4n) is 1.43. The summed E-state index contributed by atoms with van der Waals surface area (Å²) in [5.74, 6) is 0.102. The topological polar surface area (TPSA) is 26.3 Å². The molecule has 0 atom stereocenters. The van der Waals surface area contributed by atoms with Crippen LogP contribution < -0.4 is 4.74 Å². The van der Waals surface area contributed by atoms with Crippen LogP contribution in [0.5, 0.6) is 5.75 Å². The third-order valence-corrected chi connectivity index (χ3v) is 2.27. The SMILES string of the molecule is [2H]C([2H])([2H])Oc1ccc(C(=O)c2ccccc2)cc1. The zero-order chi connectivity index (χ0) is 13.9. The Labute approximate surface area is 98.7 Å². The summed E-state index contributed by atoms with van der Waals surface area (Å²) in [7, 11) is -2.48. The van der Waals surface area contributed by atoms with E-state index in [0.717, 1.165) is 0 Å². The second kappa shape index (κ2) is 4.62. The average molecular weight is 215 g/mol. The van der Waals surface area contributed by atoms with Gasteiger partial charge in [-0.2, -0.15) is 0 Å². The monoisotopic (exact) mass is 215 g/mol. The Morgan fingerprint density at radius 1 is 1.00 bits per heavy atom. The molecule has 2 aromatic carbocycles. The van der Waals surface area contributed by atoms with E-state index >= 15 is 0 Å². The molecule has 2 nitrogen and oxygen atoms in total. The first-order valence-electron chi connectivity index (χ1n) is 6.34. The minimum atomic E-state index is -2.48. The van der Waals surface area contributed by atoms with E-state index < -0.39 is 7.04 Å². The zero-order valence-corrected chi connectivity index (χ0v) is 8.51. The maximum absolute atomic E-state index is 12.1. The van der Waals surface area contributed by atoms with Crippen LogP contribution in [0.25, 0.3) is 0 Å². The Hall–Kier alpha value is -2.09. The van der Waals surface area contributed by atoms with Gasteiger partial charge in [-0.3, -0.25) is 4.79 Å². The predicted octanol–water partition coefficient (Wildman–Crippen LogP) is 2.93. The summed E-state index contributed by atoms with van der Waals surface area (Å²) in [6.07, 6.45) is 0. The highest BCUT2D eigenvalue weighted by atomic mass is 16.5. The van der Waals surface area contributed by atoms with Gasteiger partial charge in [0.2, 0.25) is 0 Å². The molecule has 0 unspecified atom stereocenters. The standard InChI is InChI=1S/C14H12O2/c1-16-13-9-7-12(8-10-13)14(15)11-5-3-2-4-6-11/h2-10H,1H3/i1D3. The number of hydrogen-bond acceptors (Lipinski definition) is 2. The first-order chi connectivity index (χ1) is 8.96. The fourth-order valence-corrected chi connectivity index (χ4v) is 1.43. The Bertz CT molecular complexity index is 559. The molecule has 0 spiro atoms. The first kappa shape index (κ1) is 7.23. The molecule has 0 saturated heterocycles. The number of rotatable bonds is 3. The number of ketones is 1. The van der Waals surface area contributed by atoms with Gasteiger partial charge in [0.25, 0.3) is 0 Å². The molecular formula is C14H12O2. The second-order valence-corrected chi connectivity index (χ2v) is 3.32. The van der Waals surface area contributed by atoms with Crippen molar-refractivity contribution in [1.29, 1.82) is 0 Å². The van der Waals surface area contributed by atoms with Crippen molar-refractivity contribution in [2.75, 3.05) is 7.04 Å². The van der Waals surface area contributed by atoms with Gasteiger partial charge in [-0.15, -0.1) is 0 Å². The van der Waals surface area contributed by atoms with Crippen molar-refractivity contribution >= 4 is 5.78 Å². The van der Waals surface area contributed by atoms with Crippen LogP contribution >= 0.6 is 0 Å². The maximum atomic E-state index is 12.1. The zero-order valence-electron chi connectivity index (χ0n) is 11.5. The van der Waals surface area contributed by atoms with E-state index in [1.165, 1.54) is 12.1 Å². The lowest BCUT2D eigenvalue weighted by molar-refractivity contribution is 0.103. The van der Waals surface area contributed by atoms with E-state index in [1.807, 2.05) is 6.07 Å². The third-order valence-electron chi connectivity index (χ3n) is 2.27. The molecule has 0 amide bonds. The second-order valence-electron chi connectivity index (χ2n) is 3.32. The van der Waals surface area contributed by atoms with E-state index in [-0.39, 0.29) is 11.5 Å². The molecule has 2 rings (SSSR count). The van der Waals surface area contributed by atoms with Crippen LogP contribution in [0.4, 0.5) is 0 Å². The van der Waals surface area contributed by atoms with Gasteiger partial charge in [-0.1, -0.05) is 30.3 Å². The van der Waals surface area contributed by atoms with Crippen LogP contribution in [0.3, 0.4) is 0 Å². The fraction of sp³-hybridized carbons (Fsp3) is 0.0714. The number of hydrogen-bond donors (Lipinski definition) is 0. The van der Waals surface area contributed by atoms with Crippen molar-refractivity contribution in [2.24, 2.45) is 0 Å². The molecule has 0 bridgehead atoms. The summed E-state index contributed by atoms with van der Waals surface area (Å²) < 4.78 is 25.7. The van der Waals surface area contributed by atoms with Crippen LogP contribution in [0, 0.1) is 0 Å². The van der Waals surface area contributed by atoms with Gasteiger partial charge in [0.05, 0.1) is 11.2 Å². The van der Waals surface area contributed by atoms with Crippen LogP contribution in [-0.2, 0) is 0 Å². The maximum Gasteiger partial charge on any atom is 0.193 e. The largest absolute Gasteiger partial charge is 0.497 e. The Morgan fingerprint density at radius 3 is 2.25 bits per heavy atom. The Balaban J connectivity index is 2.17. The number of carbonyl (C=O) groups excluding carboxylic acids is 1. The third kappa shape index (κ3) is 2.11. The molecule has 16 heavy (non-hydrogen) atoms. The lowest BCUT2D eigenvalue weighted by Gasteiger charge is -2.02. The van der Waals surface area contributed by atoms with Crippen molar-refractivity contribution < 1.29 is 13.6 Å². The Morgan fingerprint density at radius 2 is 1.62 bits per heavy atom. The molecule has 0 fully saturated rings. The van der Waals surface area contributed by atoms with Crippen LogP contribution in [0.1, 0.15) is 20.0 Å². The summed E-state index contributed by atoms with van der Waals surface area (Å²) >= 11 is 0. The Kier molecular flexibility index (Phi) is 2.09. The van der Waals surface area contributed by atoms with Gasteiger partial charge in [0.15, 0.2) is 5.78 Å². The van der Waals surface area contributed by atoms with E-state index in [0.29, 0.717) is 11.1 Å². The predicted molar refractivity (Wildman–Crippen MR) is 62.9 cm³/mol. The quantitative estimate of drug-likeness (QED) is 0.736. The van der Waals surface area contributed by atoms with Gasteiger partial charge in [-0.25, -0.2) is 0 Å². The lowest BCUT2D eigenvalue weighted by Crippen LogP contribution is -2.00. The number of carbonyl (C=O) groups is 1. The van der Waals surface area contributed by atoms with Crippen molar-refractivity contribution in [3.05, 3.63) is 65.7 Å². The summed E-state index contributed by atoms with van der Waals surface area (Å²) in [5.41, 5.74) is 1.08. The van der Waals surface area contributed by atoms with Crippen molar-refractivity contribution in [3.63, 3.8) is 0 Å². The van der Waals surface area contributed by atoms with Gasteiger partial charge in [0, 0.05) is 11.1 Å². The minimum absolute atomic E-state index is 0.110. The van der Waals surface area contributed by atoms with Gasteiger partial charge < -0.3 is 4.74 Å². The summed E-state index contributed by atoms with van der Waals surface area (Å²) in [6.45, 7) is 0. The molecule has 0 aromatic heterocycles. The molecule has 0 radical (unpaired) electrons. The molecular weight excluding hydrogens is 200 g/mol. The highest BCUT2D eigenvalue weighted by Crippen LogP contribution is 2.14. The van der Waals surface area contributed by atoms with Crippen LogP contribution in [-0.4, -0.2) is 12.8 Å². The van der Waals surface area contributed by atoms with Crippen LogP contribution in [0.15, 0.2) is 54.6 Å². The lowest BCUT2D eigenvalue weighted by atomic mass is 10.0. The number of ether oxygens (including phenoxy) is 1. The van der Waals surface area contributed by atoms with E-state index in [1.54, 1.807) is 36.4 Å². The molecule has 0 aliphatic carbocycles. The van der Waals surface area contributed by atoms with Gasteiger partial charge in [-0.05, 0) is 24.3 Å². The van der Waals surface area contributed by atoms with E-state index in [4.69, 9.17) is 8.85 Å². The van der Waals surface area contributed by atoms with E-state index in [2.05, 4.69) is 0 Å². The molecule has 0 aliphatic heterocycles. The summed E-state index contributed by atoms with van der Waals surface area (Å²) in [5, 5.41) is 0. The first-order valence-corrected chi connectivity index (χ1v) is 4.84. The summed E-state index contributed by atoms with van der Waals surface area (Å²) in [4.78, 5) is 12.1. The average Bonchev–Trinajstić information content (AvgIpc) is 2.38. The molecule has 80 valence electrons. The van der Waals surface area contributed by atoms with Gasteiger partial charge in [0.1, 0.15) is 5.75 Å². The molecule has 2 aromatic rings. The minimum Gasteiger partial charge on any atom is -0.497 e. The molecule has 0 N–H and O–H groups in total. The molecule has 0 saturated carbocycles. The van der Waals surface area contributed by atoms with Crippen LogP contribution in [0.2, 0.25) is 0 Å². The number of methoxy groups -OCH3 is 1. The van der Waals surface area contributed by atoms with E-state index in [9.17, 15) is 4.79 Å². The van der Waals surface area contributed by atoms with Crippen molar-refractivity contribution in [2.45, 2.75) is 0 Å². The summed E-state index contributed by atoms with van der Waals surface area (Å²) in [6, 6.07) is 14.9. The normalized spacial score (nSPS) is 13.4. The molecule has 2 heteroatoms. The number of benzene rings is 2. The van der Waals surface area contributed by atoms with Crippen molar-refractivity contribution in [1.82, 2.24) is 0 Å². The molecule has 0 heterocycles. The van der Waals surface area contributed by atoms with Gasteiger partial charge >= 0.3 is 0 Å². The highest BCUT2D eigenvalue weighted by molar-refractivity contribution is 6.08. The highest BCUT2D eigenvalue weighted by Gasteiger charge is 2.07. The smallest absolute Gasteiger partial charge is 0.193 e. The van der Waals surface area contributed by atoms with Crippen molar-refractivity contribution in [3.8, 4) is 5.75 Å². The molecule has 0 aliphatic rings.